The van der Waals surface area contributed by atoms with Gasteiger partial charge in [0.2, 0.25) is 0 Å². The Kier molecular flexibility index (Phi) is 6.50. The molecule has 10 heteroatoms. The number of nitriles is 1. The molecular formula is C22H22N4O4S2. The summed E-state index contributed by atoms with van der Waals surface area (Å²) >= 11 is 6.65. The quantitative estimate of drug-likeness (QED) is 0.487. The number of thiocarbonyl (C=S) groups is 1. The average molecular weight is 471 g/mol. The number of hydrogen-bond donors (Lipinski definition) is 0. The standard InChI is InChI=1S/C22H22N4O4S2/c1-3-25-19(24-6-9-29-10-7-24)16(14(2)17(12-23)20(25)27)11-18-21(28)26(22(31)32-18)13-15-5-4-8-30-15/h4-5,8,11H,3,6-7,9-10,13H2,1-2H3. The van der Waals surface area contributed by atoms with Gasteiger partial charge in [-0.1, -0.05) is 24.0 Å². The number of furan rings is 1. The first-order valence-corrected chi connectivity index (χ1v) is 11.5. The summed E-state index contributed by atoms with van der Waals surface area (Å²) in [5.41, 5.74) is 1.00. The van der Waals surface area contributed by atoms with Gasteiger partial charge in [-0.3, -0.25) is 19.1 Å². The Hall–Kier alpha value is -2.87. The highest BCUT2D eigenvalue weighted by atomic mass is 32.2. The van der Waals surface area contributed by atoms with Crippen LogP contribution in [0.15, 0.2) is 32.5 Å². The molecule has 0 spiro atoms. The fourth-order valence-electron chi connectivity index (χ4n) is 3.88. The van der Waals surface area contributed by atoms with Gasteiger partial charge in [0.1, 0.15) is 27.5 Å². The minimum absolute atomic E-state index is 0.0844. The lowest BCUT2D eigenvalue weighted by Gasteiger charge is -2.33. The smallest absolute Gasteiger partial charge is 0.270 e. The molecule has 0 bridgehead atoms. The maximum absolute atomic E-state index is 13.2. The molecule has 2 aliphatic heterocycles. The molecule has 32 heavy (non-hydrogen) atoms. The van der Waals surface area contributed by atoms with Crippen molar-refractivity contribution >= 4 is 46.1 Å². The van der Waals surface area contributed by atoms with Crippen LogP contribution >= 0.6 is 24.0 Å². The summed E-state index contributed by atoms with van der Waals surface area (Å²) in [7, 11) is 0. The normalized spacial score (nSPS) is 18.0. The van der Waals surface area contributed by atoms with Crippen molar-refractivity contribution in [1.82, 2.24) is 9.47 Å². The molecule has 4 heterocycles. The van der Waals surface area contributed by atoms with E-state index in [2.05, 4.69) is 4.90 Å². The molecule has 0 aromatic carbocycles. The van der Waals surface area contributed by atoms with Crippen LogP contribution in [0.5, 0.6) is 0 Å². The molecule has 0 saturated carbocycles. The lowest BCUT2D eigenvalue weighted by atomic mass is 10.0. The van der Waals surface area contributed by atoms with Gasteiger partial charge in [0, 0.05) is 25.2 Å². The Labute approximate surface area is 195 Å². The molecule has 2 saturated heterocycles. The molecule has 0 aliphatic carbocycles. The van der Waals surface area contributed by atoms with Gasteiger partial charge in [0.15, 0.2) is 0 Å². The number of carbonyl (C=O) groups is 1. The molecular weight excluding hydrogens is 448 g/mol. The van der Waals surface area contributed by atoms with E-state index in [0.717, 1.165) is 0 Å². The summed E-state index contributed by atoms with van der Waals surface area (Å²) in [6.07, 6.45) is 3.31. The Balaban J connectivity index is 1.83. The lowest BCUT2D eigenvalue weighted by molar-refractivity contribution is -0.122. The molecule has 2 fully saturated rings. The number of pyridine rings is 1. The van der Waals surface area contributed by atoms with Crippen molar-refractivity contribution < 1.29 is 13.9 Å². The maximum Gasteiger partial charge on any atom is 0.270 e. The number of carbonyl (C=O) groups excluding carboxylic acids is 1. The molecule has 0 unspecified atom stereocenters. The van der Waals surface area contributed by atoms with Crippen LogP contribution in [0.4, 0.5) is 5.82 Å². The number of anilines is 1. The zero-order valence-corrected chi connectivity index (χ0v) is 19.4. The van der Waals surface area contributed by atoms with Gasteiger partial charge in [-0.25, -0.2) is 0 Å². The highest BCUT2D eigenvalue weighted by molar-refractivity contribution is 8.26. The highest BCUT2D eigenvalue weighted by Gasteiger charge is 2.34. The first-order valence-electron chi connectivity index (χ1n) is 10.2. The number of ether oxygens (including phenoxy) is 1. The van der Waals surface area contributed by atoms with Crippen molar-refractivity contribution in [3.8, 4) is 6.07 Å². The second kappa shape index (κ2) is 9.32. The second-order valence-corrected chi connectivity index (χ2v) is 9.02. The molecule has 2 aromatic rings. The third-order valence-corrected chi connectivity index (χ3v) is 6.89. The molecule has 166 valence electrons. The van der Waals surface area contributed by atoms with Crippen molar-refractivity contribution in [2.24, 2.45) is 0 Å². The van der Waals surface area contributed by atoms with Gasteiger partial charge < -0.3 is 14.1 Å². The molecule has 0 atom stereocenters. The van der Waals surface area contributed by atoms with E-state index in [9.17, 15) is 14.9 Å². The van der Waals surface area contributed by atoms with Gasteiger partial charge >= 0.3 is 0 Å². The van der Waals surface area contributed by atoms with Gasteiger partial charge in [0.25, 0.3) is 11.5 Å². The Morgan fingerprint density at radius 1 is 1.31 bits per heavy atom. The minimum atomic E-state index is -0.323. The molecule has 0 radical (unpaired) electrons. The number of morpholine rings is 1. The molecule has 1 amide bonds. The van der Waals surface area contributed by atoms with E-state index in [1.165, 1.54) is 16.7 Å². The van der Waals surface area contributed by atoms with E-state index < -0.39 is 0 Å². The van der Waals surface area contributed by atoms with E-state index in [1.54, 1.807) is 36.0 Å². The van der Waals surface area contributed by atoms with Crippen molar-refractivity contribution in [1.29, 1.82) is 5.26 Å². The first-order chi connectivity index (χ1) is 15.5. The minimum Gasteiger partial charge on any atom is -0.467 e. The van der Waals surface area contributed by atoms with E-state index in [-0.39, 0.29) is 23.6 Å². The summed E-state index contributed by atoms with van der Waals surface area (Å²) in [6.45, 7) is 6.59. The molecule has 2 aromatic heterocycles. The highest BCUT2D eigenvalue weighted by Crippen LogP contribution is 2.36. The van der Waals surface area contributed by atoms with Crippen LogP contribution in [0.3, 0.4) is 0 Å². The Morgan fingerprint density at radius 3 is 2.69 bits per heavy atom. The van der Waals surface area contributed by atoms with Crippen molar-refractivity contribution in [2.75, 3.05) is 31.2 Å². The van der Waals surface area contributed by atoms with Crippen LogP contribution in [0.25, 0.3) is 6.08 Å². The van der Waals surface area contributed by atoms with Crippen LogP contribution in [-0.2, 0) is 22.6 Å². The zero-order chi connectivity index (χ0) is 22.8. The Bertz CT molecular complexity index is 1190. The van der Waals surface area contributed by atoms with E-state index in [4.69, 9.17) is 21.4 Å². The number of aromatic nitrogens is 1. The van der Waals surface area contributed by atoms with E-state index in [0.29, 0.717) is 64.8 Å². The number of hydrogen-bond acceptors (Lipinski definition) is 8. The predicted molar refractivity (Wildman–Crippen MR) is 126 cm³/mol. The molecule has 2 aliphatic rings. The predicted octanol–water partition coefficient (Wildman–Crippen LogP) is 2.88. The van der Waals surface area contributed by atoms with Crippen LogP contribution in [-0.4, -0.2) is 46.0 Å². The monoisotopic (exact) mass is 470 g/mol. The molecule has 0 N–H and O–H groups in total. The summed E-state index contributed by atoms with van der Waals surface area (Å²) in [5, 5.41) is 9.66. The number of rotatable bonds is 5. The average Bonchev–Trinajstić information content (AvgIpc) is 3.40. The third kappa shape index (κ3) is 3.99. The van der Waals surface area contributed by atoms with Crippen molar-refractivity contribution in [2.45, 2.75) is 26.9 Å². The van der Waals surface area contributed by atoms with Gasteiger partial charge in [-0.15, -0.1) is 0 Å². The summed E-state index contributed by atoms with van der Waals surface area (Å²) in [5.74, 6) is 1.11. The van der Waals surface area contributed by atoms with Gasteiger partial charge in [-0.05, 0) is 37.6 Å². The van der Waals surface area contributed by atoms with Crippen LogP contribution in [0, 0.1) is 18.3 Å². The number of amides is 1. The second-order valence-electron chi connectivity index (χ2n) is 7.35. The zero-order valence-electron chi connectivity index (χ0n) is 17.8. The maximum atomic E-state index is 13.2. The van der Waals surface area contributed by atoms with E-state index in [1.807, 2.05) is 13.0 Å². The molecule has 8 nitrogen and oxygen atoms in total. The van der Waals surface area contributed by atoms with Crippen LogP contribution in [0.1, 0.15) is 29.4 Å². The fourth-order valence-corrected chi connectivity index (χ4v) is 5.12. The summed E-state index contributed by atoms with van der Waals surface area (Å²) in [6, 6.07) is 5.60. The topological polar surface area (TPSA) is 91.7 Å². The first kappa shape index (κ1) is 22.3. The summed E-state index contributed by atoms with van der Waals surface area (Å²) in [4.78, 5) is 30.2. The van der Waals surface area contributed by atoms with Gasteiger partial charge in [0.05, 0.1) is 30.9 Å². The SMILES string of the molecule is CCn1c(N2CCOCC2)c(C=C2SC(=S)N(Cc3ccco3)C2=O)c(C)c(C#N)c1=O. The molecule has 4 rings (SSSR count). The lowest BCUT2D eigenvalue weighted by Crippen LogP contribution is -2.41. The van der Waals surface area contributed by atoms with Crippen molar-refractivity contribution in [3.63, 3.8) is 0 Å². The number of thioether (sulfide) groups is 1. The third-order valence-electron chi connectivity index (χ3n) is 5.52. The Morgan fingerprint density at radius 2 is 2.06 bits per heavy atom. The summed E-state index contributed by atoms with van der Waals surface area (Å²) < 4.78 is 12.9. The largest absolute Gasteiger partial charge is 0.467 e. The van der Waals surface area contributed by atoms with Crippen molar-refractivity contribution in [3.05, 3.63) is 56.1 Å². The van der Waals surface area contributed by atoms with Crippen LogP contribution in [0.2, 0.25) is 0 Å². The van der Waals surface area contributed by atoms with Crippen LogP contribution < -0.4 is 10.5 Å². The van der Waals surface area contributed by atoms with E-state index >= 15 is 0 Å². The fraction of sp³-hybridized carbons (Fsp3) is 0.364. The van der Waals surface area contributed by atoms with Gasteiger partial charge in [-0.2, -0.15) is 5.26 Å². The number of nitrogens with zero attached hydrogens (tertiary/aromatic N) is 4.